The van der Waals surface area contributed by atoms with E-state index in [1.54, 1.807) is 0 Å². The van der Waals surface area contributed by atoms with Gasteiger partial charge in [-0.1, -0.05) is 18.2 Å². The minimum Gasteiger partial charge on any atom is -0.339 e. The molecule has 1 aromatic rings. The minimum atomic E-state index is -0.000803. The fourth-order valence-corrected chi connectivity index (χ4v) is 1.74. The summed E-state index contributed by atoms with van der Waals surface area (Å²) in [7, 11) is 0. The molecular formula is C12H17N3O. The summed E-state index contributed by atoms with van der Waals surface area (Å²) >= 11 is 0. The number of nitrogens with one attached hydrogen (secondary N) is 2. The van der Waals surface area contributed by atoms with Gasteiger partial charge in [0.2, 0.25) is 0 Å². The topological polar surface area (TPSA) is 44.4 Å². The number of carbonyl (C=O) groups is 1. The van der Waals surface area contributed by atoms with Gasteiger partial charge in [0.25, 0.3) is 5.91 Å². The van der Waals surface area contributed by atoms with Crippen molar-refractivity contribution in [3.05, 3.63) is 35.9 Å². The van der Waals surface area contributed by atoms with Crippen LogP contribution in [0.1, 0.15) is 10.4 Å². The van der Waals surface area contributed by atoms with Crippen LogP contribution in [0.25, 0.3) is 0 Å². The number of benzene rings is 1. The predicted molar refractivity (Wildman–Crippen MR) is 63.2 cm³/mol. The molecule has 4 heteroatoms. The number of carbonyl (C=O) groups excluding carboxylic acids is 1. The van der Waals surface area contributed by atoms with Crippen LogP contribution in [-0.4, -0.2) is 43.7 Å². The number of nitrogens with zero attached hydrogens (tertiary/aromatic N) is 1. The highest BCUT2D eigenvalue weighted by Crippen LogP contribution is 1.98. The van der Waals surface area contributed by atoms with E-state index in [0.29, 0.717) is 6.67 Å². The summed E-state index contributed by atoms with van der Waals surface area (Å²) in [5, 5.41) is 6.21. The predicted octanol–water partition coefficient (Wildman–Crippen LogP) is 0.279. The van der Waals surface area contributed by atoms with Gasteiger partial charge in [-0.25, -0.2) is 0 Å². The molecule has 2 rings (SSSR count). The zero-order valence-electron chi connectivity index (χ0n) is 9.28. The van der Waals surface area contributed by atoms with Crippen molar-refractivity contribution in [2.45, 2.75) is 0 Å². The Bertz CT molecular complexity index is 333. The van der Waals surface area contributed by atoms with Gasteiger partial charge < -0.3 is 10.6 Å². The Labute approximate surface area is 95.6 Å². The van der Waals surface area contributed by atoms with Crippen LogP contribution in [0.5, 0.6) is 0 Å². The summed E-state index contributed by atoms with van der Waals surface area (Å²) in [6.45, 7) is 4.63. The lowest BCUT2D eigenvalue weighted by atomic mass is 10.2. The summed E-state index contributed by atoms with van der Waals surface area (Å²) in [6.07, 6.45) is 0. The van der Waals surface area contributed by atoms with Crippen LogP contribution in [0.2, 0.25) is 0 Å². The molecule has 0 saturated carbocycles. The normalized spacial score (nSPS) is 17.0. The molecule has 0 unspecified atom stereocenters. The quantitative estimate of drug-likeness (QED) is 0.767. The highest BCUT2D eigenvalue weighted by atomic mass is 16.1. The Morgan fingerprint density at radius 2 is 1.94 bits per heavy atom. The largest absolute Gasteiger partial charge is 0.339 e. The minimum absolute atomic E-state index is 0.000803. The Morgan fingerprint density at radius 3 is 2.62 bits per heavy atom. The van der Waals surface area contributed by atoms with E-state index in [-0.39, 0.29) is 5.91 Å². The number of piperazine rings is 1. The standard InChI is InChI=1S/C12H17N3O/c16-12(11-4-2-1-3-5-11)14-10-15-8-6-13-7-9-15/h1-5,13H,6-10H2,(H,14,16). The van der Waals surface area contributed by atoms with E-state index < -0.39 is 0 Å². The molecule has 1 amide bonds. The second kappa shape index (κ2) is 5.63. The van der Waals surface area contributed by atoms with Crippen molar-refractivity contribution in [3.8, 4) is 0 Å². The van der Waals surface area contributed by atoms with E-state index >= 15 is 0 Å². The van der Waals surface area contributed by atoms with E-state index in [9.17, 15) is 4.79 Å². The first-order valence-electron chi connectivity index (χ1n) is 5.62. The molecule has 0 radical (unpaired) electrons. The van der Waals surface area contributed by atoms with Gasteiger partial charge in [0.15, 0.2) is 0 Å². The fraction of sp³-hybridized carbons (Fsp3) is 0.417. The van der Waals surface area contributed by atoms with Crippen molar-refractivity contribution in [3.63, 3.8) is 0 Å². The van der Waals surface area contributed by atoms with E-state index in [1.165, 1.54) is 0 Å². The Morgan fingerprint density at radius 1 is 1.25 bits per heavy atom. The molecule has 4 nitrogen and oxygen atoms in total. The van der Waals surface area contributed by atoms with Crippen LogP contribution >= 0.6 is 0 Å². The van der Waals surface area contributed by atoms with Gasteiger partial charge >= 0.3 is 0 Å². The second-order valence-corrected chi connectivity index (χ2v) is 3.90. The van der Waals surface area contributed by atoms with Crippen LogP contribution in [0.15, 0.2) is 30.3 Å². The smallest absolute Gasteiger partial charge is 0.252 e. The lowest BCUT2D eigenvalue weighted by Crippen LogP contribution is -2.48. The summed E-state index contributed by atoms with van der Waals surface area (Å²) in [5.41, 5.74) is 0.720. The van der Waals surface area contributed by atoms with E-state index in [1.807, 2.05) is 30.3 Å². The second-order valence-electron chi connectivity index (χ2n) is 3.90. The highest BCUT2D eigenvalue weighted by Gasteiger charge is 2.10. The van der Waals surface area contributed by atoms with Crippen molar-refractivity contribution in [2.75, 3.05) is 32.8 Å². The van der Waals surface area contributed by atoms with Gasteiger partial charge in [-0.15, -0.1) is 0 Å². The van der Waals surface area contributed by atoms with Crippen molar-refractivity contribution in [2.24, 2.45) is 0 Å². The molecule has 0 spiro atoms. The molecule has 1 saturated heterocycles. The molecule has 0 bridgehead atoms. The van der Waals surface area contributed by atoms with E-state index in [4.69, 9.17) is 0 Å². The maximum absolute atomic E-state index is 11.7. The first kappa shape index (κ1) is 11.1. The van der Waals surface area contributed by atoms with Crippen molar-refractivity contribution >= 4 is 5.91 Å². The average molecular weight is 219 g/mol. The van der Waals surface area contributed by atoms with Crippen molar-refractivity contribution in [1.82, 2.24) is 15.5 Å². The molecule has 16 heavy (non-hydrogen) atoms. The lowest BCUT2D eigenvalue weighted by molar-refractivity contribution is 0.0917. The summed E-state index contributed by atoms with van der Waals surface area (Å²) in [4.78, 5) is 14.0. The van der Waals surface area contributed by atoms with E-state index in [2.05, 4.69) is 15.5 Å². The molecule has 1 aliphatic rings. The van der Waals surface area contributed by atoms with Crippen LogP contribution in [0.4, 0.5) is 0 Å². The number of hydrogen-bond acceptors (Lipinski definition) is 3. The molecule has 0 aromatic heterocycles. The molecule has 1 aliphatic heterocycles. The fourth-order valence-electron chi connectivity index (χ4n) is 1.74. The van der Waals surface area contributed by atoms with Gasteiger partial charge in [0.05, 0.1) is 6.67 Å². The van der Waals surface area contributed by atoms with Crippen LogP contribution in [0.3, 0.4) is 0 Å². The summed E-state index contributed by atoms with van der Waals surface area (Å²) < 4.78 is 0. The maximum Gasteiger partial charge on any atom is 0.252 e. The monoisotopic (exact) mass is 219 g/mol. The molecular weight excluding hydrogens is 202 g/mol. The van der Waals surface area contributed by atoms with Gasteiger partial charge in [-0.3, -0.25) is 9.69 Å². The first-order chi connectivity index (χ1) is 7.86. The van der Waals surface area contributed by atoms with Gasteiger partial charge in [-0.05, 0) is 12.1 Å². The Kier molecular flexibility index (Phi) is 3.91. The van der Waals surface area contributed by atoms with Crippen LogP contribution in [0, 0.1) is 0 Å². The van der Waals surface area contributed by atoms with Crippen LogP contribution in [-0.2, 0) is 0 Å². The lowest BCUT2D eigenvalue weighted by Gasteiger charge is -2.27. The van der Waals surface area contributed by atoms with Gasteiger partial charge in [0.1, 0.15) is 0 Å². The summed E-state index contributed by atoms with van der Waals surface area (Å²) in [5.74, 6) is -0.000803. The van der Waals surface area contributed by atoms with Crippen molar-refractivity contribution in [1.29, 1.82) is 0 Å². The Balaban J connectivity index is 1.79. The highest BCUT2D eigenvalue weighted by molar-refractivity contribution is 5.94. The number of rotatable bonds is 3. The van der Waals surface area contributed by atoms with Gasteiger partial charge in [0, 0.05) is 31.7 Å². The third kappa shape index (κ3) is 3.05. The molecule has 1 aromatic carbocycles. The van der Waals surface area contributed by atoms with E-state index in [0.717, 1.165) is 31.7 Å². The Hall–Kier alpha value is -1.39. The zero-order chi connectivity index (χ0) is 11.2. The van der Waals surface area contributed by atoms with Crippen LogP contribution < -0.4 is 10.6 Å². The SMILES string of the molecule is O=C(NCN1CCNCC1)c1ccccc1. The molecule has 0 aliphatic carbocycles. The average Bonchev–Trinajstić information content (AvgIpc) is 2.38. The first-order valence-corrected chi connectivity index (χ1v) is 5.62. The third-order valence-electron chi connectivity index (χ3n) is 2.71. The number of hydrogen-bond donors (Lipinski definition) is 2. The molecule has 1 fully saturated rings. The summed E-state index contributed by atoms with van der Waals surface area (Å²) in [6, 6.07) is 9.31. The molecule has 2 N–H and O–H groups in total. The maximum atomic E-state index is 11.7. The number of amides is 1. The zero-order valence-corrected chi connectivity index (χ0v) is 9.28. The molecule has 1 heterocycles. The van der Waals surface area contributed by atoms with Crippen molar-refractivity contribution < 1.29 is 4.79 Å². The van der Waals surface area contributed by atoms with Gasteiger partial charge in [-0.2, -0.15) is 0 Å². The molecule has 0 atom stereocenters. The third-order valence-corrected chi connectivity index (χ3v) is 2.71. The molecule has 86 valence electrons.